The van der Waals surface area contributed by atoms with Crippen LogP contribution in [0.3, 0.4) is 0 Å². The third-order valence-corrected chi connectivity index (χ3v) is 6.17. The SMILES string of the molecule is CCCCCCCC(=O)Cc1cnc2ccccc2c1-c1cccc(OCc2ccccc2)c1. The van der Waals surface area contributed by atoms with E-state index in [1.54, 1.807) is 0 Å². The van der Waals surface area contributed by atoms with Crippen LogP contribution in [0.4, 0.5) is 0 Å². The van der Waals surface area contributed by atoms with E-state index in [-0.39, 0.29) is 5.78 Å². The Labute approximate surface area is 202 Å². The molecule has 34 heavy (non-hydrogen) atoms. The van der Waals surface area contributed by atoms with Crippen LogP contribution < -0.4 is 4.74 Å². The number of hydrogen-bond donors (Lipinski definition) is 0. The summed E-state index contributed by atoms with van der Waals surface area (Å²) in [4.78, 5) is 17.5. The Morgan fingerprint density at radius 2 is 1.65 bits per heavy atom. The molecule has 0 aliphatic carbocycles. The van der Waals surface area contributed by atoms with E-state index in [9.17, 15) is 4.79 Å². The molecule has 174 valence electrons. The number of unbranched alkanes of at least 4 members (excludes halogenated alkanes) is 4. The number of carbonyl (C=O) groups excluding carboxylic acids is 1. The third kappa shape index (κ3) is 6.32. The van der Waals surface area contributed by atoms with E-state index in [1.807, 2.05) is 54.7 Å². The minimum atomic E-state index is 0.284. The van der Waals surface area contributed by atoms with Crippen molar-refractivity contribution < 1.29 is 9.53 Å². The normalized spacial score (nSPS) is 11.0. The fourth-order valence-electron chi connectivity index (χ4n) is 4.37. The summed E-state index contributed by atoms with van der Waals surface area (Å²) in [5, 5.41) is 1.07. The summed E-state index contributed by atoms with van der Waals surface area (Å²) in [6.07, 6.45) is 8.70. The topological polar surface area (TPSA) is 39.2 Å². The fourth-order valence-corrected chi connectivity index (χ4v) is 4.37. The highest BCUT2D eigenvalue weighted by atomic mass is 16.5. The van der Waals surface area contributed by atoms with Gasteiger partial charge in [-0.1, -0.05) is 93.3 Å². The molecule has 0 spiro atoms. The number of aromatic nitrogens is 1. The van der Waals surface area contributed by atoms with E-state index in [4.69, 9.17) is 4.74 Å². The lowest BCUT2D eigenvalue weighted by atomic mass is 9.93. The lowest BCUT2D eigenvalue weighted by Gasteiger charge is -2.14. The molecule has 0 aliphatic heterocycles. The molecule has 0 amide bonds. The fraction of sp³-hybridized carbons (Fsp3) is 0.290. The van der Waals surface area contributed by atoms with Crippen LogP contribution in [-0.4, -0.2) is 10.8 Å². The number of pyridine rings is 1. The summed E-state index contributed by atoms with van der Waals surface area (Å²) in [5.41, 5.74) is 5.18. The van der Waals surface area contributed by atoms with Crippen LogP contribution in [0.5, 0.6) is 5.75 Å². The van der Waals surface area contributed by atoms with Gasteiger partial charge in [-0.3, -0.25) is 9.78 Å². The summed E-state index contributed by atoms with van der Waals surface area (Å²) in [5.74, 6) is 1.10. The average molecular weight is 452 g/mol. The van der Waals surface area contributed by atoms with Gasteiger partial charge in [0.2, 0.25) is 0 Å². The monoisotopic (exact) mass is 451 g/mol. The highest BCUT2D eigenvalue weighted by Gasteiger charge is 2.15. The van der Waals surface area contributed by atoms with Gasteiger partial charge in [0.05, 0.1) is 5.52 Å². The van der Waals surface area contributed by atoms with Gasteiger partial charge in [0, 0.05) is 24.4 Å². The Morgan fingerprint density at radius 3 is 2.50 bits per heavy atom. The van der Waals surface area contributed by atoms with Crippen molar-refractivity contribution >= 4 is 16.7 Å². The van der Waals surface area contributed by atoms with Crippen molar-refractivity contribution in [2.45, 2.75) is 58.5 Å². The van der Waals surface area contributed by atoms with E-state index in [0.717, 1.165) is 51.7 Å². The molecule has 0 saturated carbocycles. The molecule has 1 heterocycles. The van der Waals surface area contributed by atoms with Crippen molar-refractivity contribution in [1.29, 1.82) is 0 Å². The van der Waals surface area contributed by atoms with Crippen molar-refractivity contribution in [1.82, 2.24) is 4.98 Å². The molecule has 0 saturated heterocycles. The number of benzene rings is 3. The quantitative estimate of drug-likeness (QED) is 0.205. The van der Waals surface area contributed by atoms with Crippen LogP contribution in [0.15, 0.2) is 85.1 Å². The predicted octanol–water partition coefficient (Wildman–Crippen LogP) is 7.95. The molecule has 0 atom stereocenters. The van der Waals surface area contributed by atoms with Gasteiger partial charge >= 0.3 is 0 Å². The smallest absolute Gasteiger partial charge is 0.137 e. The second-order valence-electron chi connectivity index (χ2n) is 8.86. The predicted molar refractivity (Wildman–Crippen MR) is 140 cm³/mol. The summed E-state index contributed by atoms with van der Waals surface area (Å²) in [6.45, 7) is 2.73. The van der Waals surface area contributed by atoms with Gasteiger partial charge in [-0.25, -0.2) is 0 Å². The van der Waals surface area contributed by atoms with Crippen molar-refractivity contribution in [2.75, 3.05) is 0 Å². The molecule has 0 bridgehead atoms. The van der Waals surface area contributed by atoms with Gasteiger partial charge in [-0.2, -0.15) is 0 Å². The molecule has 0 N–H and O–H groups in total. The molecular weight excluding hydrogens is 418 g/mol. The van der Waals surface area contributed by atoms with Crippen LogP contribution >= 0.6 is 0 Å². The molecule has 0 unspecified atom stereocenters. The third-order valence-electron chi connectivity index (χ3n) is 6.17. The maximum Gasteiger partial charge on any atom is 0.137 e. The lowest BCUT2D eigenvalue weighted by Crippen LogP contribution is -2.05. The molecule has 4 aromatic rings. The number of hydrogen-bond acceptors (Lipinski definition) is 3. The molecule has 0 radical (unpaired) electrons. The zero-order chi connectivity index (χ0) is 23.6. The van der Waals surface area contributed by atoms with Crippen LogP contribution in [0.1, 0.15) is 56.6 Å². The standard InChI is InChI=1S/C31H33NO2/c1-2-3-4-5-9-16-27(33)20-26-22-32-30-19-11-10-18-29(30)31(26)25-15-12-17-28(21-25)34-23-24-13-7-6-8-14-24/h6-8,10-15,17-19,21-22H,2-5,9,16,20,23H2,1H3. The zero-order valence-electron chi connectivity index (χ0n) is 20.0. The Bertz CT molecular complexity index is 1220. The van der Waals surface area contributed by atoms with Crippen molar-refractivity contribution in [3.63, 3.8) is 0 Å². The van der Waals surface area contributed by atoms with E-state index in [0.29, 0.717) is 19.4 Å². The van der Waals surface area contributed by atoms with Crippen LogP contribution in [0.25, 0.3) is 22.0 Å². The van der Waals surface area contributed by atoms with Crippen LogP contribution in [0.2, 0.25) is 0 Å². The maximum absolute atomic E-state index is 12.8. The summed E-state index contributed by atoms with van der Waals surface area (Å²) < 4.78 is 6.09. The highest BCUT2D eigenvalue weighted by molar-refractivity contribution is 5.98. The van der Waals surface area contributed by atoms with Gasteiger partial charge in [-0.05, 0) is 46.9 Å². The van der Waals surface area contributed by atoms with Crippen molar-refractivity contribution in [3.05, 3.63) is 96.2 Å². The Kier molecular flexibility index (Phi) is 8.45. The largest absolute Gasteiger partial charge is 0.489 e. The van der Waals surface area contributed by atoms with Gasteiger partial charge < -0.3 is 4.74 Å². The lowest BCUT2D eigenvalue weighted by molar-refractivity contribution is -0.118. The summed E-state index contributed by atoms with van der Waals surface area (Å²) in [6, 6.07) is 26.5. The highest BCUT2D eigenvalue weighted by Crippen LogP contribution is 2.33. The molecule has 0 fully saturated rings. The average Bonchev–Trinajstić information content (AvgIpc) is 2.88. The first-order valence-corrected chi connectivity index (χ1v) is 12.4. The van der Waals surface area contributed by atoms with Crippen LogP contribution in [-0.2, 0) is 17.8 Å². The number of ether oxygens (including phenoxy) is 1. The number of Topliss-reactive ketones (excluding diaryl/α,β-unsaturated/α-hetero) is 1. The van der Waals surface area contributed by atoms with Gasteiger partial charge in [0.25, 0.3) is 0 Å². The molecular formula is C31H33NO2. The first-order chi connectivity index (χ1) is 16.7. The number of nitrogens with zero attached hydrogens (tertiary/aromatic N) is 1. The molecule has 3 aromatic carbocycles. The number of rotatable bonds is 12. The minimum absolute atomic E-state index is 0.284. The van der Waals surface area contributed by atoms with Gasteiger partial charge in [0.15, 0.2) is 0 Å². The first kappa shape index (κ1) is 23.7. The molecule has 4 rings (SSSR count). The Hall–Kier alpha value is -3.46. The number of ketones is 1. The second-order valence-corrected chi connectivity index (χ2v) is 8.86. The Balaban J connectivity index is 1.57. The van der Waals surface area contributed by atoms with E-state index in [2.05, 4.69) is 42.2 Å². The van der Waals surface area contributed by atoms with Crippen LogP contribution in [0, 0.1) is 0 Å². The van der Waals surface area contributed by atoms with Gasteiger partial charge in [-0.15, -0.1) is 0 Å². The number of fused-ring (bicyclic) bond motifs is 1. The first-order valence-electron chi connectivity index (χ1n) is 12.4. The van der Waals surface area contributed by atoms with E-state index < -0.39 is 0 Å². The minimum Gasteiger partial charge on any atom is -0.489 e. The van der Waals surface area contributed by atoms with Crippen molar-refractivity contribution in [3.8, 4) is 16.9 Å². The van der Waals surface area contributed by atoms with Gasteiger partial charge in [0.1, 0.15) is 18.1 Å². The molecule has 1 aromatic heterocycles. The zero-order valence-corrected chi connectivity index (χ0v) is 20.0. The molecule has 3 heteroatoms. The number of carbonyl (C=O) groups is 1. The van der Waals surface area contributed by atoms with E-state index >= 15 is 0 Å². The summed E-state index contributed by atoms with van der Waals surface area (Å²) in [7, 11) is 0. The number of para-hydroxylation sites is 1. The maximum atomic E-state index is 12.8. The molecule has 0 aliphatic rings. The van der Waals surface area contributed by atoms with E-state index in [1.165, 1.54) is 19.3 Å². The summed E-state index contributed by atoms with van der Waals surface area (Å²) >= 11 is 0. The Morgan fingerprint density at radius 1 is 0.853 bits per heavy atom. The second kappa shape index (κ2) is 12.1. The van der Waals surface area contributed by atoms with Crippen molar-refractivity contribution in [2.24, 2.45) is 0 Å². The molecule has 3 nitrogen and oxygen atoms in total.